The number of carbonyl (C=O) groups is 3. The maximum atomic E-state index is 13.3. The minimum absolute atomic E-state index is 0.251. The van der Waals surface area contributed by atoms with E-state index in [2.05, 4.69) is 5.32 Å². The maximum Gasteiger partial charge on any atom is 0.325 e. The van der Waals surface area contributed by atoms with Crippen LogP contribution in [0.3, 0.4) is 0 Å². The van der Waals surface area contributed by atoms with Crippen molar-refractivity contribution < 1.29 is 14.4 Å². The van der Waals surface area contributed by atoms with E-state index in [0.717, 1.165) is 39.8 Å². The van der Waals surface area contributed by atoms with Crippen molar-refractivity contribution >= 4 is 34.3 Å². The number of benzene rings is 3. The van der Waals surface area contributed by atoms with Crippen LogP contribution in [0.4, 0.5) is 10.5 Å². The third-order valence-electron chi connectivity index (χ3n) is 6.31. The smallest absolute Gasteiger partial charge is 0.319 e. The third-order valence-corrected chi connectivity index (χ3v) is 6.31. The quantitative estimate of drug-likeness (QED) is 0.667. The van der Waals surface area contributed by atoms with Crippen molar-refractivity contribution in [3.8, 4) is 0 Å². The van der Waals surface area contributed by atoms with Gasteiger partial charge in [-0.2, -0.15) is 0 Å². The number of nitrogens with one attached hydrogen (secondary N) is 1. The zero-order valence-corrected chi connectivity index (χ0v) is 17.3. The van der Waals surface area contributed by atoms with Crippen molar-refractivity contribution in [3.63, 3.8) is 0 Å². The highest BCUT2D eigenvalue weighted by atomic mass is 16.2. The van der Waals surface area contributed by atoms with E-state index in [0.29, 0.717) is 12.1 Å². The van der Waals surface area contributed by atoms with E-state index < -0.39 is 17.5 Å². The fraction of sp³-hybridized carbons (Fsp3) is 0.240. The number of anilines is 1. The molecule has 1 atom stereocenters. The summed E-state index contributed by atoms with van der Waals surface area (Å²) >= 11 is 0. The van der Waals surface area contributed by atoms with Crippen LogP contribution in [0.2, 0.25) is 0 Å². The second-order valence-corrected chi connectivity index (χ2v) is 8.29. The Labute approximate surface area is 180 Å². The van der Waals surface area contributed by atoms with Gasteiger partial charge in [0.1, 0.15) is 12.1 Å². The monoisotopic (exact) mass is 413 g/mol. The molecule has 0 aliphatic carbocycles. The normalized spacial score (nSPS) is 20.7. The molecule has 6 heteroatoms. The maximum absolute atomic E-state index is 13.3. The van der Waals surface area contributed by atoms with Gasteiger partial charge >= 0.3 is 6.03 Å². The Kier molecular flexibility index (Phi) is 4.50. The molecule has 0 spiro atoms. The molecule has 0 bridgehead atoms. The molecule has 156 valence electrons. The van der Waals surface area contributed by atoms with Gasteiger partial charge in [-0.15, -0.1) is 0 Å². The fourth-order valence-corrected chi connectivity index (χ4v) is 4.55. The Balaban J connectivity index is 1.41. The van der Waals surface area contributed by atoms with Crippen molar-refractivity contribution in [2.45, 2.75) is 25.3 Å². The van der Waals surface area contributed by atoms with Crippen molar-refractivity contribution in [2.24, 2.45) is 0 Å². The number of hydrogen-bond donors (Lipinski definition) is 1. The van der Waals surface area contributed by atoms with Crippen molar-refractivity contribution in [3.05, 3.63) is 77.9 Å². The van der Waals surface area contributed by atoms with E-state index in [1.54, 1.807) is 11.8 Å². The number of hydrogen-bond acceptors (Lipinski definition) is 3. The van der Waals surface area contributed by atoms with Crippen LogP contribution in [0.5, 0.6) is 0 Å². The molecule has 2 heterocycles. The number of urea groups is 1. The van der Waals surface area contributed by atoms with E-state index >= 15 is 0 Å². The molecule has 3 aromatic carbocycles. The molecule has 0 saturated carbocycles. The Morgan fingerprint density at radius 1 is 1.00 bits per heavy atom. The average Bonchev–Trinajstić information content (AvgIpc) is 3.02. The molecular formula is C25H23N3O3. The highest BCUT2D eigenvalue weighted by Gasteiger charge is 2.49. The standard InChI is InChI=1S/C25H23N3O3/c1-25(20-13-12-17-7-2-3-9-19(17)15-20)23(30)28(24(31)26-25)16-22(29)27-14-6-10-18-8-4-5-11-21(18)27/h2-5,7-9,11-13,15H,6,10,14,16H2,1H3,(H,26,31)/t25-/m1/s1. The highest BCUT2D eigenvalue weighted by Crippen LogP contribution is 2.32. The van der Waals surface area contributed by atoms with E-state index in [1.807, 2.05) is 66.7 Å². The van der Waals surface area contributed by atoms with Gasteiger partial charge in [0.25, 0.3) is 5.91 Å². The fourth-order valence-electron chi connectivity index (χ4n) is 4.55. The first-order chi connectivity index (χ1) is 15.0. The van der Waals surface area contributed by atoms with Gasteiger partial charge in [0, 0.05) is 12.2 Å². The number of para-hydroxylation sites is 1. The first-order valence-corrected chi connectivity index (χ1v) is 10.5. The van der Waals surface area contributed by atoms with Crippen molar-refractivity contribution in [1.29, 1.82) is 0 Å². The summed E-state index contributed by atoms with van der Waals surface area (Å²) in [4.78, 5) is 41.8. The summed E-state index contributed by atoms with van der Waals surface area (Å²) in [6.07, 6.45) is 1.78. The molecule has 1 N–H and O–H groups in total. The zero-order chi connectivity index (χ0) is 21.6. The molecule has 0 unspecified atom stereocenters. The summed E-state index contributed by atoms with van der Waals surface area (Å²) in [5, 5.41) is 4.85. The third kappa shape index (κ3) is 3.15. The average molecular weight is 413 g/mol. The highest BCUT2D eigenvalue weighted by molar-refractivity contribution is 6.11. The molecule has 5 rings (SSSR count). The lowest BCUT2D eigenvalue weighted by Crippen LogP contribution is -2.46. The van der Waals surface area contributed by atoms with Gasteiger partial charge in [-0.05, 0) is 53.8 Å². The van der Waals surface area contributed by atoms with Gasteiger partial charge < -0.3 is 10.2 Å². The van der Waals surface area contributed by atoms with Gasteiger partial charge in [0.05, 0.1) is 0 Å². The summed E-state index contributed by atoms with van der Waals surface area (Å²) in [6, 6.07) is 20.8. The van der Waals surface area contributed by atoms with Crippen LogP contribution in [0.1, 0.15) is 24.5 Å². The molecule has 3 aromatic rings. The number of nitrogens with zero attached hydrogens (tertiary/aromatic N) is 2. The van der Waals surface area contributed by atoms with Gasteiger partial charge in [-0.25, -0.2) is 4.79 Å². The molecule has 4 amide bonds. The Morgan fingerprint density at radius 2 is 1.74 bits per heavy atom. The minimum atomic E-state index is -1.21. The van der Waals surface area contributed by atoms with Crippen LogP contribution >= 0.6 is 0 Å². The summed E-state index contributed by atoms with van der Waals surface area (Å²) in [6.45, 7) is 2.00. The molecule has 2 aliphatic heterocycles. The minimum Gasteiger partial charge on any atom is -0.319 e. The molecule has 0 radical (unpaired) electrons. The summed E-state index contributed by atoms with van der Waals surface area (Å²) in [5.74, 6) is -0.662. The van der Waals surface area contributed by atoms with Crippen LogP contribution in [0.15, 0.2) is 66.7 Å². The van der Waals surface area contributed by atoms with Crippen LogP contribution in [0, 0.1) is 0 Å². The number of carbonyl (C=O) groups excluding carboxylic acids is 3. The number of imide groups is 1. The van der Waals surface area contributed by atoms with Gasteiger partial charge in [0.2, 0.25) is 5.91 Å². The van der Waals surface area contributed by atoms with Gasteiger partial charge in [-0.3, -0.25) is 14.5 Å². The lowest BCUT2D eigenvalue weighted by molar-refractivity contribution is -0.134. The molecule has 1 saturated heterocycles. The van der Waals surface area contributed by atoms with Crippen LogP contribution in [0.25, 0.3) is 10.8 Å². The lowest BCUT2D eigenvalue weighted by Gasteiger charge is -2.30. The predicted molar refractivity (Wildman–Crippen MR) is 119 cm³/mol. The number of amides is 4. The topological polar surface area (TPSA) is 69.7 Å². The zero-order valence-electron chi connectivity index (χ0n) is 17.3. The second kappa shape index (κ2) is 7.23. The molecule has 31 heavy (non-hydrogen) atoms. The summed E-state index contributed by atoms with van der Waals surface area (Å²) in [7, 11) is 0. The van der Waals surface area contributed by atoms with Gasteiger partial charge in [-0.1, -0.05) is 54.6 Å². The molecule has 0 aromatic heterocycles. The van der Waals surface area contributed by atoms with Crippen molar-refractivity contribution in [1.82, 2.24) is 10.2 Å². The van der Waals surface area contributed by atoms with Crippen molar-refractivity contribution in [2.75, 3.05) is 18.0 Å². The molecular weight excluding hydrogens is 390 g/mol. The predicted octanol–water partition coefficient (Wildman–Crippen LogP) is 3.59. The SMILES string of the molecule is C[C@]1(c2ccc3ccccc3c2)NC(=O)N(CC(=O)N2CCCc3ccccc32)C1=O. The molecule has 2 aliphatic rings. The lowest BCUT2D eigenvalue weighted by atomic mass is 9.90. The number of rotatable bonds is 3. The Morgan fingerprint density at radius 3 is 2.58 bits per heavy atom. The Hall–Kier alpha value is -3.67. The van der Waals surface area contributed by atoms with E-state index in [-0.39, 0.29) is 12.5 Å². The summed E-state index contributed by atoms with van der Waals surface area (Å²) in [5.41, 5.74) is 1.47. The van der Waals surface area contributed by atoms with Crippen LogP contribution < -0.4 is 10.2 Å². The first-order valence-electron chi connectivity index (χ1n) is 10.5. The largest absolute Gasteiger partial charge is 0.325 e. The Bertz CT molecular complexity index is 1220. The molecule has 1 fully saturated rings. The summed E-state index contributed by atoms with van der Waals surface area (Å²) < 4.78 is 0. The number of fused-ring (bicyclic) bond motifs is 2. The van der Waals surface area contributed by atoms with Crippen LogP contribution in [-0.4, -0.2) is 35.8 Å². The molecule has 6 nitrogen and oxygen atoms in total. The second-order valence-electron chi connectivity index (χ2n) is 8.29. The van der Waals surface area contributed by atoms with E-state index in [9.17, 15) is 14.4 Å². The van der Waals surface area contributed by atoms with Crippen LogP contribution in [-0.2, 0) is 21.5 Å². The number of aryl methyl sites for hydroxylation is 1. The first kappa shape index (κ1) is 19.3. The van der Waals surface area contributed by atoms with Gasteiger partial charge in [0.15, 0.2) is 0 Å². The van der Waals surface area contributed by atoms with E-state index in [1.165, 1.54) is 0 Å². The van der Waals surface area contributed by atoms with E-state index in [4.69, 9.17) is 0 Å².